The molecule has 0 aromatic heterocycles. The van der Waals surface area contributed by atoms with Crippen molar-refractivity contribution in [2.45, 2.75) is 58.8 Å². The van der Waals surface area contributed by atoms with Crippen LogP contribution in [0, 0.1) is 10.8 Å². The molecule has 1 aliphatic heterocycles. The van der Waals surface area contributed by atoms with Gasteiger partial charge in [0.15, 0.2) is 0 Å². The standard InChI is InChI=1S/C15H25NO3/c1-14(2,7-8-17)11-16-12(18)9-15(10-13(16)19)5-3-4-6-15/h17H,3-11H2,1-2H3. The molecule has 19 heavy (non-hydrogen) atoms. The molecule has 1 saturated carbocycles. The van der Waals surface area contributed by atoms with Gasteiger partial charge < -0.3 is 5.11 Å². The molecule has 0 aromatic rings. The summed E-state index contributed by atoms with van der Waals surface area (Å²) >= 11 is 0. The van der Waals surface area contributed by atoms with Crippen molar-refractivity contribution in [1.82, 2.24) is 4.90 Å². The van der Waals surface area contributed by atoms with Crippen LogP contribution in [-0.4, -0.2) is 35.0 Å². The van der Waals surface area contributed by atoms with E-state index >= 15 is 0 Å². The number of nitrogens with zero attached hydrogens (tertiary/aromatic N) is 1. The van der Waals surface area contributed by atoms with Crippen LogP contribution in [0.4, 0.5) is 0 Å². The van der Waals surface area contributed by atoms with E-state index in [0.717, 1.165) is 25.7 Å². The largest absolute Gasteiger partial charge is 0.396 e. The van der Waals surface area contributed by atoms with Gasteiger partial charge in [0.25, 0.3) is 0 Å². The lowest BCUT2D eigenvalue weighted by atomic mass is 9.75. The molecular weight excluding hydrogens is 242 g/mol. The normalized spacial score (nSPS) is 23.4. The summed E-state index contributed by atoms with van der Waals surface area (Å²) in [6, 6.07) is 0. The molecule has 1 aliphatic carbocycles. The molecular formula is C15H25NO3. The Hall–Kier alpha value is -0.900. The van der Waals surface area contributed by atoms with Gasteiger partial charge in [0.1, 0.15) is 0 Å². The molecule has 2 rings (SSSR count). The molecule has 108 valence electrons. The third-order valence-corrected chi connectivity index (χ3v) is 4.69. The second-order valence-corrected chi connectivity index (χ2v) is 7.07. The van der Waals surface area contributed by atoms with Crippen molar-refractivity contribution >= 4 is 11.8 Å². The summed E-state index contributed by atoms with van der Waals surface area (Å²) in [5.41, 5.74) is -0.230. The van der Waals surface area contributed by atoms with Gasteiger partial charge in [-0.05, 0) is 30.1 Å². The van der Waals surface area contributed by atoms with Crippen LogP contribution in [0.25, 0.3) is 0 Å². The number of imide groups is 1. The average molecular weight is 267 g/mol. The molecule has 1 spiro atoms. The molecule has 0 radical (unpaired) electrons. The van der Waals surface area contributed by atoms with Crippen LogP contribution in [-0.2, 0) is 9.59 Å². The van der Waals surface area contributed by atoms with Crippen LogP contribution >= 0.6 is 0 Å². The SMILES string of the molecule is CC(C)(CCO)CN1C(=O)CC2(CCCC2)CC1=O. The maximum Gasteiger partial charge on any atom is 0.229 e. The highest BCUT2D eigenvalue weighted by Crippen LogP contribution is 2.47. The first-order valence-electron chi connectivity index (χ1n) is 7.32. The van der Waals surface area contributed by atoms with Crippen LogP contribution in [0.5, 0.6) is 0 Å². The first-order valence-corrected chi connectivity index (χ1v) is 7.32. The van der Waals surface area contributed by atoms with Gasteiger partial charge in [0.05, 0.1) is 0 Å². The van der Waals surface area contributed by atoms with E-state index in [1.54, 1.807) is 0 Å². The van der Waals surface area contributed by atoms with Gasteiger partial charge >= 0.3 is 0 Å². The van der Waals surface area contributed by atoms with Crippen molar-refractivity contribution in [3.8, 4) is 0 Å². The van der Waals surface area contributed by atoms with Gasteiger partial charge in [-0.15, -0.1) is 0 Å². The van der Waals surface area contributed by atoms with Crippen LogP contribution in [0.1, 0.15) is 58.8 Å². The number of piperidine rings is 1. The highest BCUT2D eigenvalue weighted by molar-refractivity contribution is 5.98. The number of likely N-dealkylation sites (tertiary alicyclic amines) is 1. The zero-order chi connectivity index (χ0) is 14.1. The van der Waals surface area contributed by atoms with E-state index < -0.39 is 0 Å². The number of hydrogen-bond acceptors (Lipinski definition) is 3. The molecule has 0 atom stereocenters. The molecule has 4 nitrogen and oxygen atoms in total. The summed E-state index contributed by atoms with van der Waals surface area (Å²) < 4.78 is 0. The molecule has 0 aromatic carbocycles. The number of rotatable bonds is 4. The Bertz CT molecular complexity index is 350. The fraction of sp³-hybridized carbons (Fsp3) is 0.867. The highest BCUT2D eigenvalue weighted by Gasteiger charge is 2.45. The van der Waals surface area contributed by atoms with E-state index in [0.29, 0.717) is 25.8 Å². The Morgan fingerprint density at radius 2 is 1.68 bits per heavy atom. The van der Waals surface area contributed by atoms with Crippen molar-refractivity contribution in [2.24, 2.45) is 10.8 Å². The maximum atomic E-state index is 12.3. The number of aliphatic hydroxyl groups is 1. The lowest BCUT2D eigenvalue weighted by Gasteiger charge is -2.40. The van der Waals surface area contributed by atoms with E-state index in [2.05, 4.69) is 0 Å². The molecule has 2 aliphatic rings. The molecule has 1 heterocycles. The number of carbonyl (C=O) groups is 2. The summed E-state index contributed by atoms with van der Waals surface area (Å²) in [7, 11) is 0. The molecule has 0 unspecified atom stereocenters. The molecule has 1 N–H and O–H groups in total. The Morgan fingerprint density at radius 1 is 1.16 bits per heavy atom. The summed E-state index contributed by atoms with van der Waals surface area (Å²) in [6.45, 7) is 4.50. The third-order valence-electron chi connectivity index (χ3n) is 4.69. The van der Waals surface area contributed by atoms with E-state index in [9.17, 15) is 9.59 Å². The van der Waals surface area contributed by atoms with Gasteiger partial charge in [0.2, 0.25) is 11.8 Å². The molecule has 2 amide bonds. The van der Waals surface area contributed by atoms with Crippen molar-refractivity contribution in [2.75, 3.05) is 13.2 Å². The van der Waals surface area contributed by atoms with Gasteiger partial charge in [-0.3, -0.25) is 14.5 Å². The number of amides is 2. The fourth-order valence-corrected chi connectivity index (χ4v) is 3.50. The average Bonchev–Trinajstić information content (AvgIpc) is 2.72. The van der Waals surface area contributed by atoms with E-state index in [4.69, 9.17) is 5.11 Å². The van der Waals surface area contributed by atoms with Gasteiger partial charge in [-0.2, -0.15) is 0 Å². The minimum atomic E-state index is -0.208. The predicted molar refractivity (Wildman–Crippen MR) is 72.3 cm³/mol. The number of aliphatic hydroxyl groups excluding tert-OH is 1. The predicted octanol–water partition coefficient (Wildman–Crippen LogP) is 2.10. The topological polar surface area (TPSA) is 57.6 Å². The summed E-state index contributed by atoms with van der Waals surface area (Å²) in [6.07, 6.45) is 6.03. The number of carbonyl (C=O) groups excluding carboxylic acids is 2. The first-order chi connectivity index (χ1) is 8.87. The Labute approximate surface area is 115 Å². The summed E-state index contributed by atoms with van der Waals surface area (Å²) in [5, 5.41) is 9.04. The highest BCUT2D eigenvalue weighted by atomic mass is 16.3. The fourth-order valence-electron chi connectivity index (χ4n) is 3.50. The zero-order valence-corrected chi connectivity index (χ0v) is 12.1. The van der Waals surface area contributed by atoms with E-state index in [-0.39, 0.29) is 29.3 Å². The van der Waals surface area contributed by atoms with Crippen LogP contribution < -0.4 is 0 Å². The van der Waals surface area contributed by atoms with Crippen LogP contribution in [0.15, 0.2) is 0 Å². The van der Waals surface area contributed by atoms with Crippen molar-refractivity contribution < 1.29 is 14.7 Å². The van der Waals surface area contributed by atoms with E-state index in [1.807, 2.05) is 13.8 Å². The first kappa shape index (κ1) is 14.5. The minimum absolute atomic E-state index is 0.0100. The van der Waals surface area contributed by atoms with Crippen molar-refractivity contribution in [1.29, 1.82) is 0 Å². The van der Waals surface area contributed by atoms with Gasteiger partial charge in [0, 0.05) is 26.0 Å². The second-order valence-electron chi connectivity index (χ2n) is 7.07. The lowest BCUT2D eigenvalue weighted by Crippen LogP contribution is -2.50. The van der Waals surface area contributed by atoms with Crippen LogP contribution in [0.3, 0.4) is 0 Å². The Kier molecular flexibility index (Phi) is 4.00. The summed E-state index contributed by atoms with van der Waals surface area (Å²) in [4.78, 5) is 26.0. The van der Waals surface area contributed by atoms with Crippen LogP contribution in [0.2, 0.25) is 0 Å². The summed E-state index contributed by atoms with van der Waals surface area (Å²) in [5.74, 6) is -0.0201. The molecule has 2 fully saturated rings. The quantitative estimate of drug-likeness (QED) is 0.794. The monoisotopic (exact) mass is 267 g/mol. The smallest absolute Gasteiger partial charge is 0.229 e. The Morgan fingerprint density at radius 3 is 2.16 bits per heavy atom. The van der Waals surface area contributed by atoms with E-state index in [1.165, 1.54) is 4.90 Å². The zero-order valence-electron chi connectivity index (χ0n) is 12.1. The van der Waals surface area contributed by atoms with Gasteiger partial charge in [-0.25, -0.2) is 0 Å². The molecule has 0 bridgehead atoms. The molecule has 4 heteroatoms. The van der Waals surface area contributed by atoms with Crippen molar-refractivity contribution in [3.05, 3.63) is 0 Å². The Balaban J connectivity index is 2.04. The maximum absolute atomic E-state index is 12.3. The molecule has 1 saturated heterocycles. The lowest BCUT2D eigenvalue weighted by molar-refractivity contribution is -0.155. The third kappa shape index (κ3) is 3.16. The van der Waals surface area contributed by atoms with Gasteiger partial charge in [-0.1, -0.05) is 26.7 Å². The number of hydrogen-bond donors (Lipinski definition) is 1. The minimum Gasteiger partial charge on any atom is -0.396 e. The van der Waals surface area contributed by atoms with Crippen molar-refractivity contribution in [3.63, 3.8) is 0 Å². The second kappa shape index (κ2) is 5.23.